The van der Waals surface area contributed by atoms with Crippen molar-refractivity contribution in [3.63, 3.8) is 0 Å². The second-order valence-electron chi connectivity index (χ2n) is 6.76. The molecule has 0 aliphatic heterocycles. The zero-order valence-electron chi connectivity index (χ0n) is 14.0. The van der Waals surface area contributed by atoms with Gasteiger partial charge in [-0.1, -0.05) is 26.8 Å². The van der Waals surface area contributed by atoms with Crippen molar-refractivity contribution in [3.05, 3.63) is 30.1 Å². The summed E-state index contributed by atoms with van der Waals surface area (Å²) in [5, 5.41) is 3.72. The van der Waals surface area contributed by atoms with E-state index < -0.39 is 0 Å². The van der Waals surface area contributed by atoms with Crippen LogP contribution in [0.4, 0.5) is 0 Å². The summed E-state index contributed by atoms with van der Waals surface area (Å²) >= 11 is 0. The van der Waals surface area contributed by atoms with Crippen LogP contribution in [0.1, 0.15) is 39.3 Å². The van der Waals surface area contributed by atoms with Gasteiger partial charge < -0.3 is 10.2 Å². The van der Waals surface area contributed by atoms with Crippen molar-refractivity contribution in [1.29, 1.82) is 0 Å². The van der Waals surface area contributed by atoms with Crippen LogP contribution in [0, 0.1) is 11.8 Å². The monoisotopic (exact) mass is 289 g/mol. The number of nitrogens with one attached hydrogen (secondary N) is 1. The van der Waals surface area contributed by atoms with E-state index in [-0.39, 0.29) is 0 Å². The SMILES string of the molecule is CCNC1CC(C)CC(C)C1N(C)CCc1ccccn1. The van der Waals surface area contributed by atoms with Crippen LogP contribution in [0.3, 0.4) is 0 Å². The van der Waals surface area contributed by atoms with E-state index in [9.17, 15) is 0 Å². The number of pyridine rings is 1. The second kappa shape index (κ2) is 7.90. The van der Waals surface area contributed by atoms with Gasteiger partial charge in [-0.2, -0.15) is 0 Å². The zero-order chi connectivity index (χ0) is 15.2. The topological polar surface area (TPSA) is 28.2 Å². The van der Waals surface area contributed by atoms with Gasteiger partial charge >= 0.3 is 0 Å². The number of rotatable bonds is 6. The highest BCUT2D eigenvalue weighted by atomic mass is 15.2. The molecule has 0 spiro atoms. The maximum atomic E-state index is 4.44. The molecular formula is C18H31N3. The average Bonchev–Trinajstić information content (AvgIpc) is 2.46. The minimum atomic E-state index is 0.627. The first-order valence-corrected chi connectivity index (χ1v) is 8.45. The molecule has 118 valence electrons. The van der Waals surface area contributed by atoms with E-state index >= 15 is 0 Å². The summed E-state index contributed by atoms with van der Waals surface area (Å²) in [6.45, 7) is 9.18. The number of nitrogens with zero attached hydrogens (tertiary/aromatic N) is 2. The van der Waals surface area contributed by atoms with Gasteiger partial charge in [0.25, 0.3) is 0 Å². The van der Waals surface area contributed by atoms with Crippen molar-refractivity contribution in [3.8, 4) is 0 Å². The Balaban J connectivity index is 1.96. The number of hydrogen-bond acceptors (Lipinski definition) is 3. The summed E-state index contributed by atoms with van der Waals surface area (Å²) in [7, 11) is 2.28. The predicted molar refractivity (Wildman–Crippen MR) is 89.4 cm³/mol. The molecule has 2 rings (SSSR count). The molecule has 21 heavy (non-hydrogen) atoms. The van der Waals surface area contributed by atoms with Gasteiger partial charge in [-0.15, -0.1) is 0 Å². The second-order valence-corrected chi connectivity index (χ2v) is 6.76. The standard InChI is InChI=1S/C18H31N3/c1-5-19-17-13-14(2)12-15(3)18(17)21(4)11-9-16-8-6-7-10-20-16/h6-8,10,14-15,17-19H,5,9,11-13H2,1-4H3. The van der Waals surface area contributed by atoms with E-state index in [2.05, 4.69) is 55.2 Å². The van der Waals surface area contributed by atoms with Crippen molar-refractivity contribution >= 4 is 0 Å². The van der Waals surface area contributed by atoms with E-state index in [0.717, 1.165) is 31.3 Å². The molecule has 1 N–H and O–H groups in total. The molecule has 1 heterocycles. The van der Waals surface area contributed by atoms with Crippen molar-refractivity contribution < 1.29 is 0 Å². The number of aromatic nitrogens is 1. The molecule has 1 aromatic rings. The van der Waals surface area contributed by atoms with Gasteiger partial charge in [0.15, 0.2) is 0 Å². The molecular weight excluding hydrogens is 258 g/mol. The smallest absolute Gasteiger partial charge is 0.0416 e. The van der Waals surface area contributed by atoms with Gasteiger partial charge in [0.05, 0.1) is 0 Å². The van der Waals surface area contributed by atoms with Gasteiger partial charge in [0, 0.05) is 36.9 Å². The predicted octanol–water partition coefficient (Wildman–Crippen LogP) is 2.97. The summed E-state index contributed by atoms with van der Waals surface area (Å²) in [6, 6.07) is 7.46. The third-order valence-electron chi connectivity index (χ3n) is 4.85. The van der Waals surface area contributed by atoms with E-state index in [1.807, 2.05) is 12.3 Å². The molecule has 1 aromatic heterocycles. The minimum absolute atomic E-state index is 0.627. The fraction of sp³-hybridized carbons (Fsp3) is 0.722. The molecule has 0 aromatic carbocycles. The first-order valence-electron chi connectivity index (χ1n) is 8.45. The van der Waals surface area contributed by atoms with Crippen LogP contribution < -0.4 is 5.32 Å². The van der Waals surface area contributed by atoms with Crippen LogP contribution in [-0.2, 0) is 6.42 Å². The third-order valence-corrected chi connectivity index (χ3v) is 4.85. The van der Waals surface area contributed by atoms with Crippen LogP contribution in [0.15, 0.2) is 24.4 Å². The largest absolute Gasteiger partial charge is 0.313 e. The van der Waals surface area contributed by atoms with Crippen molar-refractivity contribution in [2.45, 2.75) is 52.1 Å². The Labute approximate surface area is 130 Å². The third kappa shape index (κ3) is 4.52. The lowest BCUT2D eigenvalue weighted by Gasteiger charge is -2.45. The van der Waals surface area contributed by atoms with E-state index in [4.69, 9.17) is 0 Å². The Morgan fingerprint density at radius 3 is 2.76 bits per heavy atom. The quantitative estimate of drug-likeness (QED) is 0.872. The Morgan fingerprint density at radius 2 is 2.10 bits per heavy atom. The molecule has 1 aliphatic carbocycles. The minimum Gasteiger partial charge on any atom is -0.313 e. The van der Waals surface area contributed by atoms with E-state index in [0.29, 0.717) is 12.1 Å². The maximum Gasteiger partial charge on any atom is 0.0416 e. The van der Waals surface area contributed by atoms with Crippen molar-refractivity contribution in [1.82, 2.24) is 15.2 Å². The molecule has 1 saturated carbocycles. The Bertz CT molecular complexity index is 406. The molecule has 0 saturated heterocycles. The van der Waals surface area contributed by atoms with Gasteiger partial charge in [-0.3, -0.25) is 4.98 Å². The fourth-order valence-corrected chi connectivity index (χ4v) is 4.03. The molecule has 1 fully saturated rings. The van der Waals surface area contributed by atoms with Crippen molar-refractivity contribution in [2.24, 2.45) is 11.8 Å². The lowest BCUT2D eigenvalue weighted by molar-refractivity contribution is 0.0817. The van der Waals surface area contributed by atoms with Crippen LogP contribution in [0.2, 0.25) is 0 Å². The highest BCUT2D eigenvalue weighted by Crippen LogP contribution is 2.31. The van der Waals surface area contributed by atoms with Crippen LogP contribution in [0.5, 0.6) is 0 Å². The molecule has 0 radical (unpaired) electrons. The molecule has 1 aliphatic rings. The van der Waals surface area contributed by atoms with Crippen LogP contribution in [-0.4, -0.2) is 42.1 Å². The number of hydrogen-bond donors (Lipinski definition) is 1. The summed E-state index contributed by atoms with van der Waals surface area (Å²) in [4.78, 5) is 6.99. The Kier molecular flexibility index (Phi) is 6.19. The van der Waals surface area contributed by atoms with Crippen LogP contribution >= 0.6 is 0 Å². The number of likely N-dealkylation sites (N-methyl/N-ethyl adjacent to an activating group) is 2. The van der Waals surface area contributed by atoms with E-state index in [1.54, 1.807) is 0 Å². The lowest BCUT2D eigenvalue weighted by atomic mass is 9.76. The van der Waals surface area contributed by atoms with Gasteiger partial charge in [-0.05, 0) is 50.4 Å². The molecule has 0 amide bonds. The maximum absolute atomic E-state index is 4.44. The Morgan fingerprint density at radius 1 is 1.29 bits per heavy atom. The average molecular weight is 289 g/mol. The highest BCUT2D eigenvalue weighted by molar-refractivity contribution is 5.04. The lowest BCUT2D eigenvalue weighted by Crippen LogP contribution is -2.55. The zero-order valence-corrected chi connectivity index (χ0v) is 14.0. The van der Waals surface area contributed by atoms with E-state index in [1.165, 1.54) is 18.5 Å². The summed E-state index contributed by atoms with van der Waals surface area (Å²) < 4.78 is 0. The van der Waals surface area contributed by atoms with Crippen molar-refractivity contribution in [2.75, 3.05) is 20.1 Å². The molecule has 4 atom stereocenters. The van der Waals surface area contributed by atoms with Gasteiger partial charge in [-0.25, -0.2) is 0 Å². The normalized spacial score (nSPS) is 29.8. The first-order chi connectivity index (χ1) is 10.1. The van der Waals surface area contributed by atoms with Gasteiger partial charge in [0.2, 0.25) is 0 Å². The van der Waals surface area contributed by atoms with Gasteiger partial charge in [0.1, 0.15) is 0 Å². The molecule has 4 unspecified atom stereocenters. The molecule has 0 bridgehead atoms. The summed E-state index contributed by atoms with van der Waals surface area (Å²) in [5.74, 6) is 1.59. The fourth-order valence-electron chi connectivity index (χ4n) is 4.03. The first kappa shape index (κ1) is 16.4. The summed E-state index contributed by atoms with van der Waals surface area (Å²) in [6.07, 6.45) is 5.58. The Hall–Kier alpha value is -0.930. The highest BCUT2D eigenvalue weighted by Gasteiger charge is 2.35. The molecule has 3 heteroatoms. The van der Waals surface area contributed by atoms with Crippen LogP contribution in [0.25, 0.3) is 0 Å². The molecule has 3 nitrogen and oxygen atoms in total. The summed E-state index contributed by atoms with van der Waals surface area (Å²) in [5.41, 5.74) is 1.20.